The lowest BCUT2D eigenvalue weighted by molar-refractivity contribution is 0.112. The Labute approximate surface area is 114 Å². The van der Waals surface area contributed by atoms with E-state index in [1.807, 2.05) is 29.0 Å². The first-order valence-electron chi connectivity index (χ1n) is 6.26. The zero-order valence-corrected chi connectivity index (χ0v) is 11.1. The maximum Gasteiger partial charge on any atom is 0.439 e. The first-order valence-corrected chi connectivity index (χ1v) is 6.26. The predicted octanol–water partition coefficient (Wildman–Crippen LogP) is 2.38. The number of aldehydes is 1. The van der Waals surface area contributed by atoms with Crippen LogP contribution in [0.3, 0.4) is 0 Å². The van der Waals surface area contributed by atoms with Crippen LogP contribution in [0.25, 0.3) is 22.3 Å². The van der Waals surface area contributed by atoms with E-state index < -0.39 is 5.76 Å². The molecule has 0 fully saturated rings. The van der Waals surface area contributed by atoms with Gasteiger partial charge in [-0.15, -0.1) is 0 Å². The van der Waals surface area contributed by atoms with Crippen LogP contribution < -0.4 is 5.76 Å². The smallest absolute Gasteiger partial charge is 0.344 e. The third-order valence-electron chi connectivity index (χ3n) is 3.26. The average molecular weight is 271 g/mol. The second-order valence-electron chi connectivity index (χ2n) is 4.88. The summed E-state index contributed by atoms with van der Waals surface area (Å²) in [4.78, 5) is 24.7. The van der Waals surface area contributed by atoms with Gasteiger partial charge in [-0.2, -0.15) is 0 Å². The molecule has 0 radical (unpaired) electrons. The summed E-state index contributed by atoms with van der Waals surface area (Å²) in [6.45, 7) is 4.11. The Balaban J connectivity index is 2.25. The van der Waals surface area contributed by atoms with Gasteiger partial charge in [-0.05, 0) is 32.0 Å². The molecule has 3 aromatic rings. The van der Waals surface area contributed by atoms with Crippen LogP contribution in [0.1, 0.15) is 30.2 Å². The molecule has 0 saturated heterocycles. The molecule has 0 aliphatic carbocycles. The highest BCUT2D eigenvalue weighted by Gasteiger charge is 2.12. The lowest BCUT2D eigenvalue weighted by Gasteiger charge is -2.08. The fourth-order valence-electron chi connectivity index (χ4n) is 2.30. The standard InChI is InChI=1S/C14H13N3O3/c1-8(2)17-6-10(7-18)11-5-9(3-4-12(11)17)13-15-14(19)20-16-13/h3-8H,1-2H3,(H,15,16,19). The minimum atomic E-state index is -0.601. The number of carbonyl (C=O) groups is 1. The lowest BCUT2D eigenvalue weighted by Crippen LogP contribution is -1.98. The summed E-state index contributed by atoms with van der Waals surface area (Å²) in [6, 6.07) is 5.82. The van der Waals surface area contributed by atoms with Gasteiger partial charge in [-0.3, -0.25) is 14.3 Å². The Kier molecular flexibility index (Phi) is 2.78. The molecule has 0 amide bonds. The van der Waals surface area contributed by atoms with Crippen LogP contribution in [-0.2, 0) is 0 Å². The molecule has 1 N–H and O–H groups in total. The molecule has 0 spiro atoms. The average Bonchev–Trinajstić information content (AvgIpc) is 3.01. The number of H-pyrrole nitrogens is 1. The maximum atomic E-state index is 11.2. The third kappa shape index (κ3) is 1.85. The molecule has 0 aliphatic rings. The molecule has 0 unspecified atom stereocenters. The quantitative estimate of drug-likeness (QED) is 0.741. The van der Waals surface area contributed by atoms with Gasteiger partial charge < -0.3 is 4.57 Å². The van der Waals surface area contributed by atoms with Crippen molar-refractivity contribution in [3.8, 4) is 11.4 Å². The third-order valence-corrected chi connectivity index (χ3v) is 3.26. The van der Waals surface area contributed by atoms with Crippen LogP contribution in [0, 0.1) is 0 Å². The van der Waals surface area contributed by atoms with Gasteiger partial charge in [0.15, 0.2) is 12.1 Å². The minimum absolute atomic E-state index is 0.254. The zero-order chi connectivity index (χ0) is 14.3. The van der Waals surface area contributed by atoms with E-state index in [2.05, 4.69) is 28.5 Å². The molecule has 1 aromatic carbocycles. The van der Waals surface area contributed by atoms with Crippen molar-refractivity contribution in [1.82, 2.24) is 14.7 Å². The van der Waals surface area contributed by atoms with Crippen molar-refractivity contribution in [3.05, 3.63) is 40.5 Å². The molecule has 0 bridgehead atoms. The summed E-state index contributed by atoms with van der Waals surface area (Å²) >= 11 is 0. The van der Waals surface area contributed by atoms with E-state index in [0.29, 0.717) is 17.0 Å². The fourth-order valence-corrected chi connectivity index (χ4v) is 2.30. The predicted molar refractivity (Wildman–Crippen MR) is 73.8 cm³/mol. The first-order chi connectivity index (χ1) is 9.60. The second kappa shape index (κ2) is 4.48. The summed E-state index contributed by atoms with van der Waals surface area (Å²) in [6.07, 6.45) is 2.66. The molecule has 102 valence electrons. The first kappa shape index (κ1) is 12.4. The molecule has 6 nitrogen and oxygen atoms in total. The molecule has 2 heterocycles. The van der Waals surface area contributed by atoms with E-state index in [0.717, 1.165) is 17.2 Å². The highest BCUT2D eigenvalue weighted by molar-refractivity contribution is 5.99. The van der Waals surface area contributed by atoms with Crippen molar-refractivity contribution in [3.63, 3.8) is 0 Å². The summed E-state index contributed by atoms with van der Waals surface area (Å²) in [5, 5.41) is 4.48. The SMILES string of the molecule is CC(C)n1cc(C=O)c2cc(-c3noc(=O)[nH]3)ccc21. The lowest BCUT2D eigenvalue weighted by atomic mass is 10.1. The van der Waals surface area contributed by atoms with Crippen LogP contribution in [0.2, 0.25) is 0 Å². The van der Waals surface area contributed by atoms with Crippen LogP contribution in [0.5, 0.6) is 0 Å². The molecule has 0 saturated carbocycles. The summed E-state index contributed by atoms with van der Waals surface area (Å²) in [5.41, 5.74) is 2.28. The van der Waals surface area contributed by atoms with Gasteiger partial charge in [-0.1, -0.05) is 5.16 Å². The molecular formula is C14H13N3O3. The van der Waals surface area contributed by atoms with Crippen molar-refractivity contribution in [2.75, 3.05) is 0 Å². The van der Waals surface area contributed by atoms with Crippen molar-refractivity contribution < 1.29 is 9.32 Å². The van der Waals surface area contributed by atoms with Crippen molar-refractivity contribution >= 4 is 17.2 Å². The number of fused-ring (bicyclic) bond motifs is 1. The molecule has 3 rings (SSSR count). The Hall–Kier alpha value is -2.63. The number of hydrogen-bond donors (Lipinski definition) is 1. The van der Waals surface area contributed by atoms with Crippen molar-refractivity contribution in [2.45, 2.75) is 19.9 Å². The topological polar surface area (TPSA) is 80.9 Å². The highest BCUT2D eigenvalue weighted by Crippen LogP contribution is 2.27. The maximum absolute atomic E-state index is 11.2. The number of nitrogens with one attached hydrogen (secondary N) is 1. The molecule has 0 aliphatic heterocycles. The Morgan fingerprint density at radius 2 is 2.20 bits per heavy atom. The second-order valence-corrected chi connectivity index (χ2v) is 4.88. The number of aromatic amines is 1. The van der Waals surface area contributed by atoms with E-state index in [1.54, 1.807) is 0 Å². The van der Waals surface area contributed by atoms with E-state index >= 15 is 0 Å². The molecule has 2 aromatic heterocycles. The van der Waals surface area contributed by atoms with E-state index in [9.17, 15) is 9.59 Å². The van der Waals surface area contributed by atoms with Gasteiger partial charge in [0.25, 0.3) is 0 Å². The molecule has 6 heteroatoms. The van der Waals surface area contributed by atoms with Gasteiger partial charge in [0.2, 0.25) is 0 Å². The normalized spacial score (nSPS) is 11.3. The minimum Gasteiger partial charge on any atom is -0.344 e. The Morgan fingerprint density at radius 3 is 2.80 bits per heavy atom. The fraction of sp³-hybridized carbons (Fsp3) is 0.214. The number of benzene rings is 1. The number of aromatic nitrogens is 3. The van der Waals surface area contributed by atoms with Crippen LogP contribution >= 0.6 is 0 Å². The largest absolute Gasteiger partial charge is 0.439 e. The molecule has 0 atom stereocenters. The number of carbonyl (C=O) groups excluding carboxylic acids is 1. The highest BCUT2D eigenvalue weighted by atomic mass is 16.5. The van der Waals surface area contributed by atoms with Crippen LogP contribution in [0.4, 0.5) is 0 Å². The van der Waals surface area contributed by atoms with E-state index in [1.165, 1.54) is 0 Å². The van der Waals surface area contributed by atoms with E-state index in [4.69, 9.17) is 0 Å². The van der Waals surface area contributed by atoms with Gasteiger partial charge >= 0.3 is 5.76 Å². The van der Waals surface area contributed by atoms with Crippen LogP contribution in [-0.4, -0.2) is 21.0 Å². The Bertz CT molecular complexity index is 839. The molecule has 20 heavy (non-hydrogen) atoms. The summed E-state index contributed by atoms with van der Waals surface area (Å²) in [5.74, 6) is -0.249. The van der Waals surface area contributed by atoms with Gasteiger partial charge in [0.05, 0.1) is 0 Å². The van der Waals surface area contributed by atoms with Crippen molar-refractivity contribution in [1.29, 1.82) is 0 Å². The zero-order valence-electron chi connectivity index (χ0n) is 11.1. The Morgan fingerprint density at radius 1 is 1.40 bits per heavy atom. The van der Waals surface area contributed by atoms with E-state index in [-0.39, 0.29) is 6.04 Å². The summed E-state index contributed by atoms with van der Waals surface area (Å²) < 4.78 is 6.53. The number of nitrogens with zero attached hydrogens (tertiary/aromatic N) is 2. The monoisotopic (exact) mass is 271 g/mol. The number of rotatable bonds is 3. The molecular weight excluding hydrogens is 258 g/mol. The van der Waals surface area contributed by atoms with Gasteiger partial charge in [0.1, 0.15) is 0 Å². The van der Waals surface area contributed by atoms with Gasteiger partial charge in [0, 0.05) is 34.3 Å². The van der Waals surface area contributed by atoms with Crippen LogP contribution in [0.15, 0.2) is 33.7 Å². The van der Waals surface area contributed by atoms with Crippen molar-refractivity contribution in [2.24, 2.45) is 0 Å². The summed E-state index contributed by atoms with van der Waals surface area (Å²) in [7, 11) is 0. The number of hydrogen-bond acceptors (Lipinski definition) is 4. The van der Waals surface area contributed by atoms with Gasteiger partial charge in [-0.25, -0.2) is 4.79 Å².